The lowest BCUT2D eigenvalue weighted by Gasteiger charge is -2.08. The number of carbonyl (C=O) groups is 1. The fourth-order valence-electron chi connectivity index (χ4n) is 1.51. The molecule has 0 aliphatic carbocycles. The quantitative estimate of drug-likeness (QED) is 0.701. The maximum Gasteiger partial charge on any atom is 0.269 e. The topological polar surface area (TPSA) is 80.0 Å². The first-order valence-electron chi connectivity index (χ1n) is 5.78. The number of benzene rings is 1. The molecule has 0 bridgehead atoms. The molecule has 2 rings (SSSR count). The molecule has 2 aromatic rings. The Bertz CT molecular complexity index is 624. The molecule has 0 atom stereocenters. The van der Waals surface area contributed by atoms with Crippen LogP contribution in [0.2, 0.25) is 0 Å². The van der Waals surface area contributed by atoms with Crippen LogP contribution in [0.4, 0.5) is 16.6 Å². The second-order valence-corrected chi connectivity index (χ2v) is 6.52. The molecule has 0 saturated carbocycles. The maximum atomic E-state index is 12.3. The number of aromatic nitrogens is 1. The second-order valence-electron chi connectivity index (χ2n) is 3.81. The monoisotopic (exact) mass is 418 g/mol. The van der Waals surface area contributed by atoms with E-state index in [1.807, 2.05) is 25.1 Å². The molecular formula is C12H12Br2N4OS. The van der Waals surface area contributed by atoms with Crippen molar-refractivity contribution in [3.63, 3.8) is 0 Å². The van der Waals surface area contributed by atoms with Crippen molar-refractivity contribution in [2.45, 2.75) is 6.92 Å². The van der Waals surface area contributed by atoms with Crippen LogP contribution in [-0.4, -0.2) is 17.4 Å². The van der Waals surface area contributed by atoms with Crippen LogP contribution in [0.1, 0.15) is 16.6 Å². The van der Waals surface area contributed by atoms with Crippen LogP contribution < -0.4 is 16.4 Å². The highest BCUT2D eigenvalue weighted by molar-refractivity contribution is 9.11. The standard InChI is InChI=1S/C12H12Br2N4OS/c1-2-16-12-18-10(15)9(20-12)11(19)17-8-6(13)4-3-5-7(8)14/h3-5H,2,15H2,1H3,(H,16,18)(H,17,19). The Labute approximate surface area is 137 Å². The van der Waals surface area contributed by atoms with Gasteiger partial charge in [0.05, 0.1) is 5.69 Å². The van der Waals surface area contributed by atoms with Gasteiger partial charge in [0, 0.05) is 15.5 Å². The van der Waals surface area contributed by atoms with Crippen LogP contribution in [0.25, 0.3) is 0 Å². The van der Waals surface area contributed by atoms with Gasteiger partial charge in [0.1, 0.15) is 10.7 Å². The third kappa shape index (κ3) is 3.31. The Morgan fingerprint density at radius 3 is 2.65 bits per heavy atom. The van der Waals surface area contributed by atoms with Gasteiger partial charge in [-0.25, -0.2) is 4.98 Å². The Hall–Kier alpha value is -1.12. The van der Waals surface area contributed by atoms with E-state index < -0.39 is 0 Å². The fraction of sp³-hybridized carbons (Fsp3) is 0.167. The lowest BCUT2D eigenvalue weighted by Crippen LogP contribution is -2.13. The SMILES string of the molecule is CCNc1nc(N)c(C(=O)Nc2c(Br)cccc2Br)s1. The molecule has 1 amide bonds. The van der Waals surface area contributed by atoms with E-state index in [0.717, 1.165) is 15.5 Å². The summed E-state index contributed by atoms with van der Waals surface area (Å²) >= 11 is 8.03. The smallest absolute Gasteiger partial charge is 0.269 e. The first-order valence-corrected chi connectivity index (χ1v) is 8.18. The van der Waals surface area contributed by atoms with Gasteiger partial charge in [-0.3, -0.25) is 4.79 Å². The molecule has 5 nitrogen and oxygen atoms in total. The van der Waals surface area contributed by atoms with Gasteiger partial charge in [-0.05, 0) is 50.9 Å². The van der Waals surface area contributed by atoms with Gasteiger partial charge >= 0.3 is 0 Å². The largest absolute Gasteiger partial charge is 0.382 e. The number of thiazole rings is 1. The zero-order valence-corrected chi connectivity index (χ0v) is 14.5. The molecule has 0 unspecified atom stereocenters. The van der Waals surface area contributed by atoms with Gasteiger partial charge in [0.25, 0.3) is 5.91 Å². The van der Waals surface area contributed by atoms with Crippen molar-refractivity contribution >= 4 is 65.7 Å². The van der Waals surface area contributed by atoms with Crippen LogP contribution >= 0.6 is 43.2 Å². The number of nitrogen functional groups attached to an aromatic ring is 1. The van der Waals surface area contributed by atoms with Gasteiger partial charge in [-0.2, -0.15) is 0 Å². The first kappa shape index (κ1) is 15.3. The number of carbonyl (C=O) groups excluding carboxylic acids is 1. The average Bonchev–Trinajstić information content (AvgIpc) is 2.75. The lowest BCUT2D eigenvalue weighted by atomic mass is 10.3. The molecule has 106 valence electrons. The van der Waals surface area contributed by atoms with E-state index in [1.165, 1.54) is 11.3 Å². The molecule has 0 saturated heterocycles. The summed E-state index contributed by atoms with van der Waals surface area (Å²) in [5.74, 6) is -0.0524. The summed E-state index contributed by atoms with van der Waals surface area (Å²) in [6.45, 7) is 2.68. The number of para-hydroxylation sites is 1. The van der Waals surface area contributed by atoms with E-state index in [2.05, 4.69) is 47.5 Å². The molecule has 0 aliphatic heterocycles. The van der Waals surface area contributed by atoms with Crippen LogP contribution in [0, 0.1) is 0 Å². The maximum absolute atomic E-state index is 12.3. The van der Waals surface area contributed by atoms with Gasteiger partial charge in [-0.1, -0.05) is 17.4 Å². The highest BCUT2D eigenvalue weighted by Gasteiger charge is 2.18. The number of hydrogen-bond donors (Lipinski definition) is 3. The van der Waals surface area contributed by atoms with Gasteiger partial charge in [0.15, 0.2) is 5.13 Å². The summed E-state index contributed by atoms with van der Waals surface area (Å²) in [6, 6.07) is 5.56. The molecule has 1 aromatic carbocycles. The number of halogens is 2. The Balaban J connectivity index is 2.24. The van der Waals surface area contributed by atoms with E-state index in [9.17, 15) is 4.79 Å². The highest BCUT2D eigenvalue weighted by atomic mass is 79.9. The van der Waals surface area contributed by atoms with Crippen molar-refractivity contribution in [1.82, 2.24) is 4.98 Å². The summed E-state index contributed by atoms with van der Waals surface area (Å²) in [5.41, 5.74) is 6.44. The van der Waals surface area contributed by atoms with Gasteiger partial charge in [0.2, 0.25) is 0 Å². The number of nitrogens with two attached hydrogens (primary N) is 1. The van der Waals surface area contributed by atoms with Gasteiger partial charge < -0.3 is 16.4 Å². The molecule has 0 radical (unpaired) electrons. The summed E-state index contributed by atoms with van der Waals surface area (Å²) in [6.07, 6.45) is 0. The third-order valence-corrected chi connectivity index (χ3v) is 4.74. The van der Waals surface area contributed by atoms with Crippen molar-refractivity contribution in [2.75, 3.05) is 22.9 Å². The molecule has 0 spiro atoms. The Kier molecular flexibility index (Phi) is 5.00. The second kappa shape index (κ2) is 6.55. The summed E-state index contributed by atoms with van der Waals surface area (Å²) < 4.78 is 1.57. The number of hydrogen-bond acceptors (Lipinski definition) is 5. The van der Waals surface area contributed by atoms with Crippen molar-refractivity contribution in [2.24, 2.45) is 0 Å². The molecule has 8 heteroatoms. The third-order valence-electron chi connectivity index (χ3n) is 2.39. The number of rotatable bonds is 4. The molecular weight excluding hydrogens is 408 g/mol. The van der Waals surface area contributed by atoms with Crippen LogP contribution in [0.3, 0.4) is 0 Å². The molecule has 1 aromatic heterocycles. The van der Waals surface area contributed by atoms with E-state index in [4.69, 9.17) is 5.73 Å². The van der Waals surface area contributed by atoms with E-state index in [-0.39, 0.29) is 11.7 Å². The molecule has 0 aliphatic rings. The summed E-state index contributed by atoms with van der Waals surface area (Å²) in [5, 5.41) is 6.50. The Morgan fingerprint density at radius 2 is 2.05 bits per heavy atom. The summed E-state index contributed by atoms with van der Waals surface area (Å²) in [4.78, 5) is 16.8. The zero-order valence-electron chi connectivity index (χ0n) is 10.5. The van der Waals surface area contributed by atoms with Crippen molar-refractivity contribution in [1.29, 1.82) is 0 Å². The number of nitrogens with one attached hydrogen (secondary N) is 2. The van der Waals surface area contributed by atoms with Crippen LogP contribution in [-0.2, 0) is 0 Å². The van der Waals surface area contributed by atoms with Crippen molar-refractivity contribution < 1.29 is 4.79 Å². The molecule has 1 heterocycles. The zero-order chi connectivity index (χ0) is 14.7. The first-order chi connectivity index (χ1) is 9.52. The van der Waals surface area contributed by atoms with Gasteiger partial charge in [-0.15, -0.1) is 0 Å². The molecule has 0 fully saturated rings. The minimum atomic E-state index is -0.281. The Morgan fingerprint density at radius 1 is 1.40 bits per heavy atom. The molecule has 4 N–H and O–H groups in total. The fourth-order valence-corrected chi connectivity index (χ4v) is 3.55. The summed E-state index contributed by atoms with van der Waals surface area (Å²) in [7, 11) is 0. The number of nitrogens with zero attached hydrogens (tertiary/aromatic N) is 1. The van der Waals surface area contributed by atoms with Crippen LogP contribution in [0.15, 0.2) is 27.1 Å². The number of amides is 1. The minimum Gasteiger partial charge on any atom is -0.382 e. The number of anilines is 3. The normalized spacial score (nSPS) is 10.3. The van der Waals surface area contributed by atoms with E-state index in [0.29, 0.717) is 15.7 Å². The predicted octanol–water partition coefficient (Wildman–Crippen LogP) is 3.93. The highest BCUT2D eigenvalue weighted by Crippen LogP contribution is 2.32. The van der Waals surface area contributed by atoms with Crippen molar-refractivity contribution in [3.05, 3.63) is 32.0 Å². The average molecular weight is 420 g/mol. The minimum absolute atomic E-state index is 0.228. The lowest BCUT2D eigenvalue weighted by molar-refractivity contribution is 0.103. The van der Waals surface area contributed by atoms with E-state index >= 15 is 0 Å². The predicted molar refractivity (Wildman–Crippen MR) is 90.5 cm³/mol. The van der Waals surface area contributed by atoms with E-state index in [1.54, 1.807) is 0 Å². The van der Waals surface area contributed by atoms with Crippen LogP contribution in [0.5, 0.6) is 0 Å². The van der Waals surface area contributed by atoms with Crippen molar-refractivity contribution in [3.8, 4) is 0 Å². The molecule has 20 heavy (non-hydrogen) atoms.